The van der Waals surface area contributed by atoms with Crippen LogP contribution in [0.3, 0.4) is 0 Å². The van der Waals surface area contributed by atoms with Crippen LogP contribution < -0.4 is 5.32 Å². The number of fused-ring (bicyclic) bond motifs is 1. The number of hydrogen-bond donors (Lipinski definition) is 1. The summed E-state index contributed by atoms with van der Waals surface area (Å²) in [5, 5.41) is 3.54. The van der Waals surface area contributed by atoms with E-state index in [0.717, 1.165) is 5.56 Å². The van der Waals surface area contributed by atoms with Gasteiger partial charge >= 0.3 is 0 Å². The van der Waals surface area contributed by atoms with Crippen LogP contribution in [0, 0.1) is 5.82 Å². The van der Waals surface area contributed by atoms with Crippen molar-refractivity contribution in [3.8, 4) is 0 Å². The van der Waals surface area contributed by atoms with Crippen molar-refractivity contribution in [2.75, 3.05) is 0 Å². The van der Waals surface area contributed by atoms with Gasteiger partial charge in [0.1, 0.15) is 5.52 Å². The zero-order chi connectivity index (χ0) is 14.2. The highest BCUT2D eigenvalue weighted by molar-refractivity contribution is 9.10. The number of carbonyl (C=O) groups excluding carboxylic acids is 1. The molecule has 0 radical (unpaired) electrons. The Morgan fingerprint density at radius 2 is 2.05 bits per heavy atom. The maximum absolute atomic E-state index is 13.7. The molecule has 2 rings (SSSR count). The van der Waals surface area contributed by atoms with Crippen LogP contribution in [0.5, 0.6) is 0 Å². The fourth-order valence-electron chi connectivity index (χ4n) is 2.03. The third-order valence-corrected chi connectivity index (χ3v) is 3.37. The summed E-state index contributed by atoms with van der Waals surface area (Å²) in [6, 6.07) is 5.03. The largest absolute Gasteiger partial charge is 0.347 e. The van der Waals surface area contributed by atoms with Gasteiger partial charge < -0.3 is 5.32 Å². The molecule has 2 aromatic rings. The van der Waals surface area contributed by atoms with Crippen molar-refractivity contribution in [3.63, 3.8) is 0 Å². The van der Waals surface area contributed by atoms with E-state index < -0.39 is 5.54 Å². The SMILES string of the molecule is CC(=O)NC(C)(C)c1cnc2c(F)cc(Br)cc2c1. The lowest BCUT2D eigenvalue weighted by Gasteiger charge is -2.26. The van der Waals surface area contributed by atoms with Crippen LogP contribution in [0.1, 0.15) is 26.3 Å². The zero-order valence-electron chi connectivity index (χ0n) is 10.9. The molecule has 1 aromatic carbocycles. The van der Waals surface area contributed by atoms with Gasteiger partial charge in [-0.3, -0.25) is 9.78 Å². The summed E-state index contributed by atoms with van der Waals surface area (Å²) in [5.41, 5.74) is 0.601. The van der Waals surface area contributed by atoms with Crippen molar-refractivity contribution in [3.05, 3.63) is 40.2 Å². The molecule has 1 amide bonds. The average Bonchev–Trinajstić information content (AvgIpc) is 2.26. The molecule has 0 bridgehead atoms. The first-order chi connectivity index (χ1) is 8.79. The monoisotopic (exact) mass is 324 g/mol. The van der Waals surface area contributed by atoms with E-state index in [0.29, 0.717) is 15.4 Å². The van der Waals surface area contributed by atoms with E-state index in [1.807, 2.05) is 19.9 Å². The number of rotatable bonds is 2. The quantitative estimate of drug-likeness (QED) is 0.918. The number of carbonyl (C=O) groups is 1. The van der Waals surface area contributed by atoms with Crippen molar-refractivity contribution in [2.24, 2.45) is 0 Å². The lowest BCUT2D eigenvalue weighted by molar-refractivity contribution is -0.120. The van der Waals surface area contributed by atoms with Crippen molar-refractivity contribution >= 4 is 32.7 Å². The summed E-state index contributed by atoms with van der Waals surface area (Å²) < 4.78 is 14.4. The fraction of sp³-hybridized carbons (Fsp3) is 0.286. The number of amides is 1. The number of halogens is 2. The summed E-state index contributed by atoms with van der Waals surface area (Å²) in [4.78, 5) is 15.4. The Labute approximate surface area is 119 Å². The summed E-state index contributed by atoms with van der Waals surface area (Å²) in [5.74, 6) is -0.487. The number of hydrogen-bond acceptors (Lipinski definition) is 2. The van der Waals surface area contributed by atoms with E-state index in [-0.39, 0.29) is 11.7 Å². The van der Waals surface area contributed by atoms with Crippen molar-refractivity contribution in [1.82, 2.24) is 10.3 Å². The molecule has 1 N–H and O–H groups in total. The predicted molar refractivity (Wildman–Crippen MR) is 76.2 cm³/mol. The Bertz CT molecular complexity index is 655. The molecule has 0 atom stereocenters. The number of benzene rings is 1. The van der Waals surface area contributed by atoms with E-state index in [4.69, 9.17) is 0 Å². The van der Waals surface area contributed by atoms with Crippen LogP contribution >= 0.6 is 15.9 Å². The van der Waals surface area contributed by atoms with Gasteiger partial charge in [-0.05, 0) is 37.6 Å². The van der Waals surface area contributed by atoms with Gasteiger partial charge in [-0.15, -0.1) is 0 Å². The average molecular weight is 325 g/mol. The van der Waals surface area contributed by atoms with Gasteiger partial charge in [0.25, 0.3) is 0 Å². The molecule has 1 aromatic heterocycles. The van der Waals surface area contributed by atoms with E-state index >= 15 is 0 Å². The van der Waals surface area contributed by atoms with Crippen LogP contribution in [-0.2, 0) is 10.3 Å². The normalized spacial score (nSPS) is 11.6. The minimum atomic E-state index is -0.550. The molecule has 0 saturated heterocycles. The second-order valence-electron chi connectivity index (χ2n) is 4.99. The lowest BCUT2D eigenvalue weighted by atomic mass is 9.94. The highest BCUT2D eigenvalue weighted by Gasteiger charge is 2.22. The van der Waals surface area contributed by atoms with Crippen LogP contribution in [0.15, 0.2) is 28.9 Å². The molecule has 3 nitrogen and oxygen atoms in total. The number of aromatic nitrogens is 1. The third-order valence-electron chi connectivity index (χ3n) is 2.91. The highest BCUT2D eigenvalue weighted by atomic mass is 79.9. The van der Waals surface area contributed by atoms with Gasteiger partial charge in [-0.25, -0.2) is 4.39 Å². The molecule has 0 saturated carbocycles. The van der Waals surface area contributed by atoms with Crippen LogP contribution in [-0.4, -0.2) is 10.9 Å². The molecule has 0 aliphatic heterocycles. The van der Waals surface area contributed by atoms with Gasteiger partial charge in [0.2, 0.25) is 5.91 Å². The molecule has 100 valence electrons. The number of nitrogens with one attached hydrogen (secondary N) is 1. The van der Waals surface area contributed by atoms with Crippen LogP contribution in [0.25, 0.3) is 10.9 Å². The number of pyridine rings is 1. The van der Waals surface area contributed by atoms with E-state index in [1.54, 1.807) is 12.3 Å². The van der Waals surface area contributed by atoms with E-state index in [9.17, 15) is 9.18 Å². The molecule has 0 aliphatic carbocycles. The first kappa shape index (κ1) is 13.9. The van der Waals surface area contributed by atoms with E-state index in [2.05, 4.69) is 26.2 Å². The van der Waals surface area contributed by atoms with Crippen LogP contribution in [0.2, 0.25) is 0 Å². The minimum absolute atomic E-state index is 0.120. The Kier molecular flexibility index (Phi) is 3.58. The smallest absolute Gasteiger partial charge is 0.217 e. The number of nitrogens with zero attached hydrogens (tertiary/aromatic N) is 1. The Hall–Kier alpha value is -1.49. The van der Waals surface area contributed by atoms with E-state index in [1.165, 1.54) is 13.0 Å². The second-order valence-corrected chi connectivity index (χ2v) is 5.91. The van der Waals surface area contributed by atoms with Crippen molar-refractivity contribution in [1.29, 1.82) is 0 Å². The Morgan fingerprint density at radius 3 is 2.68 bits per heavy atom. The Morgan fingerprint density at radius 1 is 1.37 bits per heavy atom. The maximum Gasteiger partial charge on any atom is 0.217 e. The van der Waals surface area contributed by atoms with Gasteiger partial charge in [0.15, 0.2) is 5.82 Å². The fourth-order valence-corrected chi connectivity index (χ4v) is 2.47. The third kappa shape index (κ3) is 2.92. The summed E-state index contributed by atoms with van der Waals surface area (Å²) in [7, 11) is 0. The lowest BCUT2D eigenvalue weighted by Crippen LogP contribution is -2.39. The zero-order valence-corrected chi connectivity index (χ0v) is 12.5. The second kappa shape index (κ2) is 4.89. The molecule has 1 heterocycles. The molecular weight excluding hydrogens is 311 g/mol. The first-order valence-corrected chi connectivity index (χ1v) is 6.63. The van der Waals surface area contributed by atoms with Gasteiger partial charge in [0.05, 0.1) is 5.54 Å². The highest BCUT2D eigenvalue weighted by Crippen LogP contribution is 2.26. The molecule has 19 heavy (non-hydrogen) atoms. The summed E-state index contributed by atoms with van der Waals surface area (Å²) in [6.07, 6.45) is 1.59. The molecule has 5 heteroatoms. The maximum atomic E-state index is 13.7. The molecule has 0 unspecified atom stereocenters. The predicted octanol–water partition coefficient (Wildman–Crippen LogP) is 3.51. The standard InChI is InChI=1S/C14H14BrFN2O/c1-8(19)18-14(2,3)10-4-9-5-11(15)6-12(16)13(9)17-7-10/h4-7H,1-3H3,(H,18,19). The van der Waals surface area contributed by atoms with Gasteiger partial charge in [-0.1, -0.05) is 15.9 Å². The first-order valence-electron chi connectivity index (χ1n) is 5.83. The van der Waals surface area contributed by atoms with Gasteiger partial charge in [0, 0.05) is 23.0 Å². The summed E-state index contributed by atoms with van der Waals surface area (Å²) >= 11 is 3.26. The van der Waals surface area contributed by atoms with Crippen molar-refractivity contribution in [2.45, 2.75) is 26.3 Å². The summed E-state index contributed by atoms with van der Waals surface area (Å²) in [6.45, 7) is 5.23. The van der Waals surface area contributed by atoms with Crippen molar-refractivity contribution < 1.29 is 9.18 Å². The van der Waals surface area contributed by atoms with Gasteiger partial charge in [-0.2, -0.15) is 0 Å². The molecule has 0 fully saturated rings. The molecular formula is C14H14BrFN2O. The topological polar surface area (TPSA) is 42.0 Å². The molecule has 0 aliphatic rings. The molecule has 0 spiro atoms. The minimum Gasteiger partial charge on any atom is -0.347 e. The Balaban J connectivity index is 2.55. The van der Waals surface area contributed by atoms with Crippen LogP contribution in [0.4, 0.5) is 4.39 Å².